The molecule has 0 N–H and O–H groups in total. The van der Waals surface area contributed by atoms with Gasteiger partial charge in [-0.05, 0) is 23.6 Å². The van der Waals surface area contributed by atoms with E-state index in [0.717, 1.165) is 54.4 Å². The average Bonchev–Trinajstić information content (AvgIpc) is 3.30. The summed E-state index contributed by atoms with van der Waals surface area (Å²) >= 11 is 0. The van der Waals surface area contributed by atoms with E-state index in [4.69, 9.17) is 14.2 Å². The number of hydrogen-bond acceptors (Lipinski definition) is 7. The summed E-state index contributed by atoms with van der Waals surface area (Å²) in [6, 6.07) is 3.64. The van der Waals surface area contributed by atoms with Crippen molar-refractivity contribution < 1.29 is 32.2 Å². The van der Waals surface area contributed by atoms with E-state index in [2.05, 4.69) is 15.0 Å². The van der Waals surface area contributed by atoms with Crippen LogP contribution in [0.2, 0.25) is 0 Å². The molecule has 12 heteroatoms. The van der Waals surface area contributed by atoms with Gasteiger partial charge in [0.1, 0.15) is 12.4 Å². The van der Waals surface area contributed by atoms with Gasteiger partial charge in [-0.3, -0.25) is 9.69 Å². The molecule has 2 aliphatic heterocycles. The molecule has 36 heavy (non-hydrogen) atoms. The number of aromatic nitrogens is 3. The molecule has 1 amide bonds. The van der Waals surface area contributed by atoms with Gasteiger partial charge in [0.05, 0.1) is 38.9 Å². The molecule has 3 aromatic rings. The molecule has 192 valence electrons. The third-order valence-electron chi connectivity index (χ3n) is 6.47. The standard InChI is InChI=1S/C24H26F3N5O4/c1-34-21-11-17(10-16-2-3-31(15-20(16)21)23(33)24(25,26)27)19-13-29-32-14-18(12-28-22(19)32)36-9-6-30-4-7-35-8-5-30/h10-14H,2-9,15H2,1H3. The Labute approximate surface area is 205 Å². The summed E-state index contributed by atoms with van der Waals surface area (Å²) < 4.78 is 57.1. The Morgan fingerprint density at radius 3 is 2.72 bits per heavy atom. The Morgan fingerprint density at radius 1 is 1.17 bits per heavy atom. The monoisotopic (exact) mass is 505 g/mol. The van der Waals surface area contributed by atoms with E-state index in [-0.39, 0.29) is 19.5 Å². The molecule has 4 heterocycles. The van der Waals surface area contributed by atoms with Crippen LogP contribution in [0, 0.1) is 0 Å². The largest absolute Gasteiger partial charge is 0.496 e. The van der Waals surface area contributed by atoms with Gasteiger partial charge in [-0.1, -0.05) is 6.07 Å². The molecule has 0 spiro atoms. The van der Waals surface area contributed by atoms with Gasteiger partial charge >= 0.3 is 12.1 Å². The van der Waals surface area contributed by atoms with Crippen LogP contribution in [0.3, 0.4) is 0 Å². The van der Waals surface area contributed by atoms with Crippen LogP contribution in [0.1, 0.15) is 11.1 Å². The lowest BCUT2D eigenvalue weighted by molar-refractivity contribution is -0.186. The SMILES string of the molecule is COc1cc(-c2cnn3cc(OCCN4CCOCC4)cnc23)cc2c1CN(C(=O)C(F)(F)F)CC2. The van der Waals surface area contributed by atoms with Gasteiger partial charge < -0.3 is 19.1 Å². The van der Waals surface area contributed by atoms with Gasteiger partial charge in [-0.15, -0.1) is 0 Å². The summed E-state index contributed by atoms with van der Waals surface area (Å²) in [6.07, 6.45) is 0.481. The number of halogens is 3. The molecule has 0 saturated carbocycles. The van der Waals surface area contributed by atoms with Gasteiger partial charge in [0, 0.05) is 43.9 Å². The van der Waals surface area contributed by atoms with Crippen molar-refractivity contribution in [2.45, 2.75) is 19.1 Å². The molecule has 0 radical (unpaired) electrons. The first-order valence-corrected chi connectivity index (χ1v) is 11.7. The molecule has 5 rings (SSSR count). The van der Waals surface area contributed by atoms with Crippen molar-refractivity contribution in [3.63, 3.8) is 0 Å². The fourth-order valence-corrected chi connectivity index (χ4v) is 4.57. The molecule has 2 aliphatic rings. The minimum absolute atomic E-state index is 0.0177. The molecule has 0 atom stereocenters. The first-order valence-electron chi connectivity index (χ1n) is 11.7. The lowest BCUT2D eigenvalue weighted by Crippen LogP contribution is -2.43. The molecule has 2 aromatic heterocycles. The second-order valence-corrected chi connectivity index (χ2v) is 8.71. The highest BCUT2D eigenvalue weighted by Gasteiger charge is 2.43. The summed E-state index contributed by atoms with van der Waals surface area (Å²) in [7, 11) is 1.46. The number of rotatable bonds is 6. The Morgan fingerprint density at radius 2 is 1.97 bits per heavy atom. The summed E-state index contributed by atoms with van der Waals surface area (Å²) in [5, 5.41) is 4.41. The minimum atomic E-state index is -4.90. The highest BCUT2D eigenvalue weighted by molar-refractivity contribution is 5.83. The second-order valence-electron chi connectivity index (χ2n) is 8.71. The van der Waals surface area contributed by atoms with Crippen molar-refractivity contribution in [2.24, 2.45) is 0 Å². The number of alkyl halides is 3. The highest BCUT2D eigenvalue weighted by Crippen LogP contribution is 2.36. The zero-order valence-corrected chi connectivity index (χ0v) is 19.8. The summed E-state index contributed by atoms with van der Waals surface area (Å²) in [5.74, 6) is -0.818. The molecule has 1 saturated heterocycles. The van der Waals surface area contributed by atoms with Crippen LogP contribution in [0.5, 0.6) is 11.5 Å². The number of carbonyl (C=O) groups is 1. The van der Waals surface area contributed by atoms with Gasteiger partial charge in [-0.2, -0.15) is 18.3 Å². The number of morpholine rings is 1. The number of amides is 1. The number of carbonyl (C=O) groups excluding carboxylic acids is 1. The fourth-order valence-electron chi connectivity index (χ4n) is 4.57. The third kappa shape index (κ3) is 4.96. The Balaban J connectivity index is 1.34. The zero-order chi connectivity index (χ0) is 25.3. The number of nitrogens with zero attached hydrogens (tertiary/aromatic N) is 5. The number of benzene rings is 1. The molecule has 0 aliphatic carbocycles. The summed E-state index contributed by atoms with van der Waals surface area (Å²) in [5.41, 5.74) is 3.56. The summed E-state index contributed by atoms with van der Waals surface area (Å²) in [4.78, 5) is 19.4. The first kappa shape index (κ1) is 24.3. The topological polar surface area (TPSA) is 81.4 Å². The number of methoxy groups -OCH3 is 1. The van der Waals surface area contributed by atoms with Crippen LogP contribution >= 0.6 is 0 Å². The summed E-state index contributed by atoms with van der Waals surface area (Å²) in [6.45, 7) is 4.41. The van der Waals surface area contributed by atoms with Crippen molar-refractivity contribution in [3.05, 3.63) is 41.9 Å². The number of fused-ring (bicyclic) bond motifs is 2. The number of ether oxygens (including phenoxy) is 3. The maximum Gasteiger partial charge on any atom is 0.471 e. The molecule has 9 nitrogen and oxygen atoms in total. The van der Waals surface area contributed by atoms with E-state index in [1.54, 1.807) is 29.2 Å². The Hall–Kier alpha value is -3.38. The van der Waals surface area contributed by atoms with Crippen LogP contribution in [0.4, 0.5) is 13.2 Å². The minimum Gasteiger partial charge on any atom is -0.496 e. The van der Waals surface area contributed by atoms with E-state index in [9.17, 15) is 18.0 Å². The van der Waals surface area contributed by atoms with Crippen LogP contribution in [0.15, 0.2) is 30.7 Å². The van der Waals surface area contributed by atoms with Crippen molar-refractivity contribution >= 4 is 11.6 Å². The smallest absolute Gasteiger partial charge is 0.471 e. The molecule has 1 aromatic carbocycles. The molecular formula is C24H26F3N5O4. The van der Waals surface area contributed by atoms with Crippen molar-refractivity contribution in [2.75, 3.05) is 53.1 Å². The highest BCUT2D eigenvalue weighted by atomic mass is 19.4. The van der Waals surface area contributed by atoms with Gasteiger partial charge in [0.15, 0.2) is 11.4 Å². The Kier molecular flexibility index (Phi) is 6.71. The van der Waals surface area contributed by atoms with Crippen LogP contribution in [-0.2, 0) is 22.5 Å². The molecule has 1 fully saturated rings. The number of hydrogen-bond donors (Lipinski definition) is 0. The van der Waals surface area contributed by atoms with Crippen molar-refractivity contribution in [3.8, 4) is 22.6 Å². The lowest BCUT2D eigenvalue weighted by Gasteiger charge is -2.30. The first-order chi connectivity index (χ1) is 17.3. The maximum absolute atomic E-state index is 12.9. The quantitative estimate of drug-likeness (QED) is 0.510. The van der Waals surface area contributed by atoms with Gasteiger partial charge in [0.2, 0.25) is 0 Å². The van der Waals surface area contributed by atoms with Gasteiger partial charge in [-0.25, -0.2) is 9.50 Å². The predicted molar refractivity (Wildman–Crippen MR) is 123 cm³/mol. The van der Waals surface area contributed by atoms with Crippen LogP contribution in [0.25, 0.3) is 16.8 Å². The normalized spacial score (nSPS) is 16.7. The Bertz CT molecular complexity index is 1240. The van der Waals surface area contributed by atoms with E-state index in [0.29, 0.717) is 29.3 Å². The maximum atomic E-state index is 12.9. The fraction of sp³-hybridized carbons (Fsp3) is 0.458. The van der Waals surface area contributed by atoms with Gasteiger partial charge in [0.25, 0.3) is 0 Å². The molecular weight excluding hydrogens is 479 g/mol. The predicted octanol–water partition coefficient (Wildman–Crippen LogP) is 2.56. The molecule has 0 unspecified atom stereocenters. The lowest BCUT2D eigenvalue weighted by atomic mass is 9.94. The van der Waals surface area contributed by atoms with E-state index >= 15 is 0 Å². The second kappa shape index (κ2) is 9.94. The average molecular weight is 505 g/mol. The van der Waals surface area contributed by atoms with Crippen LogP contribution < -0.4 is 9.47 Å². The third-order valence-corrected chi connectivity index (χ3v) is 6.47. The van der Waals surface area contributed by atoms with E-state index in [1.807, 2.05) is 6.07 Å². The van der Waals surface area contributed by atoms with E-state index in [1.165, 1.54) is 7.11 Å². The van der Waals surface area contributed by atoms with E-state index < -0.39 is 12.1 Å². The van der Waals surface area contributed by atoms with Crippen molar-refractivity contribution in [1.29, 1.82) is 0 Å². The zero-order valence-electron chi connectivity index (χ0n) is 19.8. The van der Waals surface area contributed by atoms with Crippen LogP contribution in [-0.4, -0.2) is 89.6 Å². The van der Waals surface area contributed by atoms with Crippen molar-refractivity contribution in [1.82, 2.24) is 24.4 Å². The molecule has 0 bridgehead atoms.